The first-order valence-corrected chi connectivity index (χ1v) is 9.29. The van der Waals surface area contributed by atoms with Crippen molar-refractivity contribution in [3.05, 3.63) is 57.8 Å². The molecule has 2 aromatic carbocycles. The van der Waals surface area contributed by atoms with Crippen LogP contribution in [0.1, 0.15) is 34.3 Å². The maximum atomic E-state index is 12.7. The number of rotatable bonds is 3. The average molecular weight is 399 g/mol. The number of allylic oxidation sites excluding steroid dienone is 1. The molecule has 3 aliphatic rings. The molecule has 142 valence electrons. The molecule has 0 bridgehead atoms. The van der Waals surface area contributed by atoms with Crippen molar-refractivity contribution in [2.75, 3.05) is 6.79 Å². The summed E-state index contributed by atoms with van der Waals surface area (Å²) in [5.41, 5.74) is 1.86. The van der Waals surface area contributed by atoms with Crippen molar-refractivity contribution >= 4 is 29.4 Å². The van der Waals surface area contributed by atoms with Gasteiger partial charge in [-0.3, -0.25) is 9.59 Å². The monoisotopic (exact) mass is 398 g/mol. The van der Waals surface area contributed by atoms with Gasteiger partial charge in [-0.15, -0.1) is 0 Å². The van der Waals surface area contributed by atoms with Crippen LogP contribution < -0.4 is 14.2 Å². The van der Waals surface area contributed by atoms with Crippen molar-refractivity contribution in [3.8, 4) is 17.2 Å². The quantitative estimate of drug-likeness (QED) is 0.439. The van der Waals surface area contributed by atoms with Crippen molar-refractivity contribution < 1.29 is 28.5 Å². The van der Waals surface area contributed by atoms with Gasteiger partial charge in [0.25, 0.3) is 0 Å². The van der Waals surface area contributed by atoms with Crippen molar-refractivity contribution in [2.24, 2.45) is 5.92 Å². The van der Waals surface area contributed by atoms with E-state index in [1.807, 2.05) is 0 Å². The highest BCUT2D eigenvalue weighted by atomic mass is 35.5. The Hall–Kier alpha value is -2.83. The van der Waals surface area contributed by atoms with Crippen LogP contribution in [0.5, 0.6) is 17.2 Å². The smallest absolute Gasteiger partial charge is 0.314 e. The van der Waals surface area contributed by atoms with Crippen LogP contribution in [0, 0.1) is 5.92 Å². The molecule has 0 unspecified atom stereocenters. The first-order valence-electron chi connectivity index (χ1n) is 8.91. The summed E-state index contributed by atoms with van der Waals surface area (Å²) in [4.78, 5) is 24.5. The minimum Gasteiger partial charge on any atom is -0.467 e. The van der Waals surface area contributed by atoms with Crippen LogP contribution in [-0.4, -0.2) is 18.5 Å². The van der Waals surface area contributed by atoms with Gasteiger partial charge >= 0.3 is 5.97 Å². The predicted molar refractivity (Wildman–Crippen MR) is 99.5 cm³/mol. The van der Waals surface area contributed by atoms with Crippen LogP contribution in [0.2, 0.25) is 5.02 Å². The third kappa shape index (κ3) is 3.15. The highest BCUT2D eigenvalue weighted by Gasteiger charge is 2.33. The molecule has 0 N–H and O–H groups in total. The molecule has 1 saturated carbocycles. The molecule has 6 nitrogen and oxygen atoms in total. The van der Waals surface area contributed by atoms with Gasteiger partial charge < -0.3 is 18.9 Å². The van der Waals surface area contributed by atoms with E-state index < -0.39 is 0 Å². The van der Waals surface area contributed by atoms with Crippen LogP contribution in [0.4, 0.5) is 0 Å². The second kappa shape index (κ2) is 6.65. The Labute approximate surface area is 165 Å². The third-order valence-corrected chi connectivity index (χ3v) is 4.98. The van der Waals surface area contributed by atoms with E-state index in [4.69, 9.17) is 30.5 Å². The summed E-state index contributed by atoms with van der Waals surface area (Å²) in [5.74, 6) is 0.989. The number of ketones is 1. The van der Waals surface area contributed by atoms with E-state index >= 15 is 0 Å². The highest BCUT2D eigenvalue weighted by Crippen LogP contribution is 2.38. The number of carbonyl (C=O) groups is 2. The molecule has 2 aliphatic heterocycles. The van der Waals surface area contributed by atoms with E-state index in [1.165, 1.54) is 0 Å². The molecule has 0 spiro atoms. The number of hydrogen-bond donors (Lipinski definition) is 0. The maximum Gasteiger partial charge on any atom is 0.314 e. The molecule has 0 radical (unpaired) electrons. The van der Waals surface area contributed by atoms with Gasteiger partial charge in [0.1, 0.15) is 17.2 Å². The SMILES string of the molecule is O=C1C(=Cc2cc(Cl)cc3c2OCOC3)Oc2cc(OC(=O)C3CC3)ccc21. The number of hydrogen-bond acceptors (Lipinski definition) is 6. The standard InChI is InChI=1S/C21H15ClO6/c22-14-5-12(20-13(6-14)9-25-10-26-20)7-18-19(23)16-4-3-15(8-17(16)28-18)27-21(24)11-1-2-11/h3-8,11H,1-2,9-10H2. The molecule has 2 heterocycles. The lowest BCUT2D eigenvalue weighted by Gasteiger charge is -2.20. The maximum absolute atomic E-state index is 12.7. The average Bonchev–Trinajstić information content (AvgIpc) is 3.48. The fraction of sp³-hybridized carbons (Fsp3) is 0.238. The molecule has 7 heteroatoms. The van der Waals surface area contributed by atoms with Gasteiger partial charge in [-0.2, -0.15) is 0 Å². The van der Waals surface area contributed by atoms with Gasteiger partial charge in [0, 0.05) is 22.2 Å². The van der Waals surface area contributed by atoms with Crippen molar-refractivity contribution in [1.29, 1.82) is 0 Å². The first-order chi connectivity index (χ1) is 13.6. The zero-order chi connectivity index (χ0) is 19.3. The number of ether oxygens (including phenoxy) is 4. The van der Waals surface area contributed by atoms with E-state index in [0.29, 0.717) is 40.0 Å². The molecule has 0 saturated heterocycles. The largest absolute Gasteiger partial charge is 0.467 e. The van der Waals surface area contributed by atoms with Crippen LogP contribution in [0.3, 0.4) is 0 Å². The van der Waals surface area contributed by atoms with Gasteiger partial charge in [0.2, 0.25) is 5.78 Å². The third-order valence-electron chi connectivity index (χ3n) is 4.76. The van der Waals surface area contributed by atoms with Gasteiger partial charge in [0.05, 0.1) is 18.1 Å². The molecule has 28 heavy (non-hydrogen) atoms. The Balaban J connectivity index is 1.45. The summed E-state index contributed by atoms with van der Waals surface area (Å²) in [6.07, 6.45) is 3.33. The normalized spacial score (nSPS) is 18.9. The van der Waals surface area contributed by atoms with Gasteiger partial charge in [0.15, 0.2) is 12.6 Å². The van der Waals surface area contributed by atoms with Gasteiger partial charge in [-0.05, 0) is 43.2 Å². The molecule has 0 amide bonds. The van der Waals surface area contributed by atoms with Crippen LogP contribution >= 0.6 is 11.6 Å². The molecular weight excluding hydrogens is 384 g/mol. The lowest BCUT2D eigenvalue weighted by Crippen LogP contribution is -2.12. The second-order valence-electron chi connectivity index (χ2n) is 6.89. The zero-order valence-electron chi connectivity index (χ0n) is 14.7. The molecule has 0 atom stereocenters. The van der Waals surface area contributed by atoms with Crippen LogP contribution in [-0.2, 0) is 16.1 Å². The Morgan fingerprint density at radius 2 is 2.07 bits per heavy atom. The van der Waals surface area contributed by atoms with E-state index in [1.54, 1.807) is 36.4 Å². The molecule has 1 fully saturated rings. The summed E-state index contributed by atoms with van der Waals surface area (Å²) in [7, 11) is 0. The zero-order valence-corrected chi connectivity index (χ0v) is 15.5. The van der Waals surface area contributed by atoms with Crippen molar-refractivity contribution in [2.45, 2.75) is 19.4 Å². The minimum absolute atomic E-state index is 0.00996. The van der Waals surface area contributed by atoms with Crippen molar-refractivity contribution in [3.63, 3.8) is 0 Å². The Morgan fingerprint density at radius 1 is 1.21 bits per heavy atom. The number of halogens is 1. The number of Topliss-reactive ketones (excluding diaryl/α,β-unsaturated/α-hetero) is 1. The number of carbonyl (C=O) groups excluding carboxylic acids is 2. The summed E-state index contributed by atoms with van der Waals surface area (Å²) in [6, 6.07) is 8.24. The molecular formula is C21H15ClO6. The second-order valence-corrected chi connectivity index (χ2v) is 7.32. The fourth-order valence-corrected chi connectivity index (χ4v) is 3.46. The van der Waals surface area contributed by atoms with Gasteiger partial charge in [-0.1, -0.05) is 11.6 Å². The first kappa shape index (κ1) is 17.3. The molecule has 0 aromatic heterocycles. The Bertz CT molecular complexity index is 1040. The predicted octanol–water partition coefficient (Wildman–Crippen LogP) is 4.14. The minimum atomic E-state index is -0.254. The molecule has 5 rings (SSSR count). The Morgan fingerprint density at radius 3 is 2.89 bits per heavy atom. The number of fused-ring (bicyclic) bond motifs is 2. The van der Waals surface area contributed by atoms with Crippen LogP contribution in [0.15, 0.2) is 36.1 Å². The van der Waals surface area contributed by atoms with Crippen LogP contribution in [0.25, 0.3) is 6.08 Å². The lowest BCUT2D eigenvalue weighted by atomic mass is 10.1. The summed E-state index contributed by atoms with van der Waals surface area (Å²) >= 11 is 6.18. The Kier molecular flexibility index (Phi) is 4.10. The van der Waals surface area contributed by atoms with E-state index in [-0.39, 0.29) is 30.2 Å². The molecule has 1 aliphatic carbocycles. The topological polar surface area (TPSA) is 71.1 Å². The van der Waals surface area contributed by atoms with E-state index in [0.717, 1.165) is 18.4 Å². The molecule has 2 aromatic rings. The summed E-state index contributed by atoms with van der Waals surface area (Å²) in [5, 5.41) is 0.511. The number of benzene rings is 2. The summed E-state index contributed by atoms with van der Waals surface area (Å²) < 4.78 is 21.9. The van der Waals surface area contributed by atoms with E-state index in [2.05, 4.69) is 0 Å². The number of esters is 1. The fourth-order valence-electron chi connectivity index (χ4n) is 3.21. The summed E-state index contributed by atoms with van der Waals surface area (Å²) in [6.45, 7) is 0.520. The van der Waals surface area contributed by atoms with Gasteiger partial charge in [-0.25, -0.2) is 0 Å². The lowest BCUT2D eigenvalue weighted by molar-refractivity contribution is -0.135. The highest BCUT2D eigenvalue weighted by molar-refractivity contribution is 6.31. The van der Waals surface area contributed by atoms with Crippen molar-refractivity contribution in [1.82, 2.24) is 0 Å². The van der Waals surface area contributed by atoms with E-state index in [9.17, 15) is 9.59 Å².